The highest BCUT2D eigenvalue weighted by atomic mass is 16.1. The second-order valence-corrected chi connectivity index (χ2v) is 9.80. The summed E-state index contributed by atoms with van der Waals surface area (Å²) in [5, 5.41) is 0. The Hall–Kier alpha value is -2.74. The molecule has 0 spiro atoms. The molecule has 0 radical (unpaired) electrons. The largest absolute Gasteiger partial charge is 0.300 e. The van der Waals surface area contributed by atoms with E-state index in [0.717, 1.165) is 44.1 Å². The van der Waals surface area contributed by atoms with E-state index in [4.69, 9.17) is 0 Å². The van der Waals surface area contributed by atoms with Gasteiger partial charge in [-0.2, -0.15) is 0 Å². The minimum atomic E-state index is 0.135. The highest BCUT2D eigenvalue weighted by Gasteiger charge is 2.25. The summed E-state index contributed by atoms with van der Waals surface area (Å²) < 4.78 is 0. The van der Waals surface area contributed by atoms with Gasteiger partial charge in [0.05, 0.1) is 0 Å². The van der Waals surface area contributed by atoms with E-state index in [2.05, 4.69) is 49.9 Å². The molecule has 0 heterocycles. The zero-order valence-corrected chi connectivity index (χ0v) is 21.8. The summed E-state index contributed by atoms with van der Waals surface area (Å²) in [6.45, 7) is 11.3. The Morgan fingerprint density at radius 3 is 1.88 bits per heavy atom. The smallest absolute Gasteiger partial charge is 0.152 e. The monoisotopic (exact) mass is 460 g/mol. The van der Waals surface area contributed by atoms with Crippen molar-refractivity contribution in [2.45, 2.75) is 85.5 Å². The van der Waals surface area contributed by atoms with E-state index in [-0.39, 0.29) is 11.2 Å². The normalized spacial score (nSPS) is 12.8. The fourth-order valence-corrected chi connectivity index (χ4v) is 4.24. The lowest BCUT2D eigenvalue weighted by atomic mass is 9.76. The van der Waals surface area contributed by atoms with Crippen LogP contribution in [0.3, 0.4) is 0 Å². The van der Waals surface area contributed by atoms with E-state index >= 15 is 0 Å². The molecule has 0 aromatic heterocycles. The molecule has 2 nitrogen and oxygen atoms in total. The van der Waals surface area contributed by atoms with Gasteiger partial charge in [-0.1, -0.05) is 85.7 Å². The van der Waals surface area contributed by atoms with Crippen LogP contribution in [0, 0.1) is 5.41 Å². The number of benzene rings is 2. The number of Topliss-reactive ketones (excluding diaryl/α,β-unsaturated/α-hetero) is 1. The molecule has 0 aliphatic heterocycles. The molecule has 0 N–H and O–H groups in total. The summed E-state index contributed by atoms with van der Waals surface area (Å²) in [5.74, 6) is 0.444. The zero-order valence-electron chi connectivity index (χ0n) is 21.8. The molecule has 0 aliphatic rings. The van der Waals surface area contributed by atoms with Crippen LogP contribution in [0.4, 0.5) is 0 Å². The number of unbranched alkanes of at least 4 members (excludes halogenated alkanes) is 2. The van der Waals surface area contributed by atoms with Crippen molar-refractivity contribution in [1.82, 2.24) is 0 Å². The number of aryl methyl sites for hydroxylation is 2. The quantitative estimate of drug-likeness (QED) is 0.161. The van der Waals surface area contributed by atoms with E-state index < -0.39 is 0 Å². The molecule has 1 atom stereocenters. The first-order valence-corrected chi connectivity index (χ1v) is 12.6. The van der Waals surface area contributed by atoms with Crippen LogP contribution in [0.25, 0.3) is 0 Å². The highest BCUT2D eigenvalue weighted by molar-refractivity contribution is 5.87. The van der Waals surface area contributed by atoms with Gasteiger partial charge in [0.2, 0.25) is 0 Å². The summed E-state index contributed by atoms with van der Waals surface area (Å²) in [4.78, 5) is 22.3. The van der Waals surface area contributed by atoms with E-state index in [1.54, 1.807) is 19.9 Å². The summed E-state index contributed by atoms with van der Waals surface area (Å²) in [5.41, 5.74) is 3.99. The summed E-state index contributed by atoms with van der Waals surface area (Å²) >= 11 is 0. The number of carbonyl (C=O) groups is 2. The van der Waals surface area contributed by atoms with Gasteiger partial charge in [-0.25, -0.2) is 0 Å². The van der Waals surface area contributed by atoms with E-state index in [9.17, 15) is 9.59 Å². The van der Waals surface area contributed by atoms with Crippen molar-refractivity contribution in [3.8, 4) is 0 Å². The van der Waals surface area contributed by atoms with Crippen LogP contribution in [0.1, 0.15) is 83.8 Å². The van der Waals surface area contributed by atoms with Crippen molar-refractivity contribution in [2.24, 2.45) is 5.41 Å². The van der Waals surface area contributed by atoms with Crippen molar-refractivity contribution >= 4 is 11.6 Å². The number of rotatable bonds is 14. The lowest BCUT2D eigenvalue weighted by Crippen LogP contribution is -2.21. The third-order valence-corrected chi connectivity index (χ3v) is 6.07. The van der Waals surface area contributed by atoms with Crippen LogP contribution >= 0.6 is 0 Å². The van der Waals surface area contributed by atoms with Crippen molar-refractivity contribution in [1.29, 1.82) is 0 Å². The zero-order chi connectivity index (χ0) is 25.2. The Morgan fingerprint density at radius 2 is 1.38 bits per heavy atom. The first-order chi connectivity index (χ1) is 16.2. The summed E-state index contributed by atoms with van der Waals surface area (Å²) in [6, 6.07) is 20.9. The second kappa shape index (κ2) is 16.8. The molecule has 0 saturated heterocycles. The molecule has 2 heteroatoms. The topological polar surface area (TPSA) is 34.1 Å². The molecular weight excluding hydrogens is 416 g/mol. The first-order valence-electron chi connectivity index (χ1n) is 12.6. The molecule has 0 saturated carbocycles. The number of ketones is 2. The van der Waals surface area contributed by atoms with Crippen molar-refractivity contribution in [2.75, 3.05) is 0 Å². The predicted octanol–water partition coefficient (Wildman–Crippen LogP) is 8.51. The molecule has 0 bridgehead atoms. The fraction of sp³-hybridized carbons (Fsp3) is 0.438. The molecule has 2 aromatic carbocycles. The van der Waals surface area contributed by atoms with Gasteiger partial charge < -0.3 is 4.79 Å². The van der Waals surface area contributed by atoms with Gasteiger partial charge in [-0.15, -0.1) is 6.58 Å². The Labute approximate surface area is 208 Å². The van der Waals surface area contributed by atoms with E-state index in [1.165, 1.54) is 24.0 Å². The van der Waals surface area contributed by atoms with Crippen LogP contribution in [0.2, 0.25) is 0 Å². The van der Waals surface area contributed by atoms with Crippen molar-refractivity contribution in [3.05, 3.63) is 96.1 Å². The van der Waals surface area contributed by atoms with Gasteiger partial charge in [0.15, 0.2) is 5.78 Å². The molecular formula is C32H44O2. The third kappa shape index (κ3) is 14.4. The molecule has 34 heavy (non-hydrogen) atoms. The highest BCUT2D eigenvalue weighted by Crippen LogP contribution is 2.34. The summed E-state index contributed by atoms with van der Waals surface area (Å²) in [6.07, 6.45) is 13.1. The molecule has 2 aromatic rings. The van der Waals surface area contributed by atoms with Gasteiger partial charge in [0.1, 0.15) is 5.78 Å². The number of carbonyl (C=O) groups excluding carboxylic acids is 2. The maximum atomic E-state index is 11.5. The van der Waals surface area contributed by atoms with Gasteiger partial charge >= 0.3 is 0 Å². The van der Waals surface area contributed by atoms with Crippen molar-refractivity contribution in [3.63, 3.8) is 0 Å². The predicted molar refractivity (Wildman–Crippen MR) is 146 cm³/mol. The number of hydrogen-bond donors (Lipinski definition) is 0. The number of hydrogen-bond acceptors (Lipinski definition) is 2. The van der Waals surface area contributed by atoms with Crippen LogP contribution in [0.5, 0.6) is 0 Å². The average molecular weight is 461 g/mol. The molecule has 0 amide bonds. The van der Waals surface area contributed by atoms with Gasteiger partial charge in [0, 0.05) is 6.42 Å². The SMILES string of the molecule is C=CCCCC[C@@](C)(CCc1ccccc1)CC(C)=O.CC(=O)/C=C(\C)CCc1ccccc1. The molecule has 0 unspecified atom stereocenters. The molecule has 2 rings (SSSR count). The van der Waals surface area contributed by atoms with Crippen LogP contribution in [0.15, 0.2) is 85.0 Å². The first kappa shape index (κ1) is 29.3. The van der Waals surface area contributed by atoms with Gasteiger partial charge in [-0.05, 0) is 88.3 Å². The van der Waals surface area contributed by atoms with Crippen LogP contribution in [-0.4, -0.2) is 11.6 Å². The standard InChI is InChI=1S/C19H28O.C13H16O/c1-4-5-6-10-14-19(3,16-17(2)20)15-13-18-11-8-7-9-12-18;1-11(10-12(2)14)8-9-13-6-4-3-5-7-13/h4,7-9,11-12H,1,5-6,10,13-16H2,2-3H3;3-7,10H,8-9H2,1-2H3/b;11-10+/t19-;/m0./s1. The number of allylic oxidation sites excluding steroid dienone is 3. The van der Waals surface area contributed by atoms with Gasteiger partial charge in [-0.3, -0.25) is 4.79 Å². The summed E-state index contributed by atoms with van der Waals surface area (Å²) in [7, 11) is 0. The molecule has 0 fully saturated rings. The van der Waals surface area contributed by atoms with E-state index in [1.807, 2.05) is 37.3 Å². The maximum absolute atomic E-state index is 11.5. The second-order valence-electron chi connectivity index (χ2n) is 9.80. The van der Waals surface area contributed by atoms with Crippen molar-refractivity contribution < 1.29 is 9.59 Å². The van der Waals surface area contributed by atoms with Gasteiger partial charge in [0.25, 0.3) is 0 Å². The lowest BCUT2D eigenvalue weighted by Gasteiger charge is -2.29. The van der Waals surface area contributed by atoms with Crippen LogP contribution in [-0.2, 0) is 22.4 Å². The Morgan fingerprint density at radius 1 is 0.824 bits per heavy atom. The Bertz CT molecular complexity index is 880. The van der Waals surface area contributed by atoms with Crippen LogP contribution < -0.4 is 0 Å². The lowest BCUT2D eigenvalue weighted by molar-refractivity contribution is -0.119. The maximum Gasteiger partial charge on any atom is 0.152 e. The minimum Gasteiger partial charge on any atom is -0.300 e. The Balaban J connectivity index is 0.000000362. The van der Waals surface area contributed by atoms with E-state index in [0.29, 0.717) is 12.2 Å². The molecule has 184 valence electrons. The minimum absolute atomic E-state index is 0.135. The third-order valence-electron chi connectivity index (χ3n) is 6.07. The molecule has 0 aliphatic carbocycles. The fourth-order valence-electron chi connectivity index (χ4n) is 4.24. The Kier molecular flexibility index (Phi) is 14.5. The average Bonchev–Trinajstić information content (AvgIpc) is 2.80.